The Balaban J connectivity index is 1.95. The van der Waals surface area contributed by atoms with Crippen LogP contribution in [0.2, 0.25) is 0 Å². The molecule has 1 saturated heterocycles. The molecular formula is C15H21NO4S. The van der Waals surface area contributed by atoms with Crippen LogP contribution in [0.25, 0.3) is 0 Å². The number of hydrogen-bond donors (Lipinski definition) is 1. The summed E-state index contributed by atoms with van der Waals surface area (Å²) in [4.78, 5) is 15.7. The Bertz CT molecular complexity index is 484. The van der Waals surface area contributed by atoms with Crippen LogP contribution >= 0.6 is 11.3 Å². The highest BCUT2D eigenvalue weighted by atomic mass is 32.1. The highest BCUT2D eigenvalue weighted by Crippen LogP contribution is 2.39. The topological polar surface area (TPSA) is 68.7 Å². The first-order valence-corrected chi connectivity index (χ1v) is 7.93. The van der Waals surface area contributed by atoms with Gasteiger partial charge >= 0.3 is 5.97 Å². The van der Waals surface area contributed by atoms with Crippen molar-refractivity contribution < 1.29 is 19.4 Å². The molecule has 0 amide bonds. The van der Waals surface area contributed by atoms with Crippen molar-refractivity contribution in [3.05, 3.63) is 28.7 Å². The van der Waals surface area contributed by atoms with Crippen molar-refractivity contribution in [3.8, 4) is 0 Å². The lowest BCUT2D eigenvalue weighted by Gasteiger charge is -2.40. The van der Waals surface area contributed by atoms with Gasteiger partial charge in [-0.15, -0.1) is 11.3 Å². The molecule has 2 heterocycles. The van der Waals surface area contributed by atoms with Crippen molar-refractivity contribution in [3.63, 3.8) is 0 Å². The average molecular weight is 311 g/mol. The molecule has 1 aromatic heterocycles. The molecule has 1 aliphatic rings. The van der Waals surface area contributed by atoms with E-state index in [4.69, 9.17) is 14.6 Å². The van der Waals surface area contributed by atoms with E-state index in [1.54, 1.807) is 16.8 Å². The summed E-state index contributed by atoms with van der Waals surface area (Å²) in [5.41, 5.74) is 1.81. The van der Waals surface area contributed by atoms with Gasteiger partial charge in [0.1, 0.15) is 6.10 Å². The molecule has 6 heteroatoms. The summed E-state index contributed by atoms with van der Waals surface area (Å²) in [5.74, 6) is -1.13. The zero-order valence-electron chi connectivity index (χ0n) is 12.3. The van der Waals surface area contributed by atoms with Crippen molar-refractivity contribution >= 4 is 17.3 Å². The van der Waals surface area contributed by atoms with Crippen molar-refractivity contribution in [1.29, 1.82) is 0 Å². The van der Waals surface area contributed by atoms with Gasteiger partial charge in [0.15, 0.2) is 5.79 Å². The van der Waals surface area contributed by atoms with Gasteiger partial charge in [0.25, 0.3) is 0 Å². The van der Waals surface area contributed by atoms with Gasteiger partial charge in [0.05, 0.1) is 17.0 Å². The van der Waals surface area contributed by atoms with Gasteiger partial charge in [0.2, 0.25) is 0 Å². The minimum absolute atomic E-state index is 0.0228. The molecule has 0 aromatic carbocycles. The molecule has 2 atom stereocenters. The Morgan fingerprint density at radius 3 is 3.05 bits per heavy atom. The van der Waals surface area contributed by atoms with Crippen molar-refractivity contribution in [1.82, 2.24) is 4.98 Å². The predicted molar refractivity (Wildman–Crippen MR) is 80.1 cm³/mol. The van der Waals surface area contributed by atoms with Crippen LogP contribution in [0.5, 0.6) is 0 Å². The predicted octanol–water partition coefficient (Wildman–Crippen LogP) is 3.39. The number of carboxylic acid groups (broad SMARTS) is 1. The van der Waals surface area contributed by atoms with Crippen LogP contribution in [-0.4, -0.2) is 28.5 Å². The van der Waals surface area contributed by atoms with Gasteiger partial charge in [0, 0.05) is 18.5 Å². The third-order valence-corrected chi connectivity index (χ3v) is 4.18. The molecular weight excluding hydrogens is 290 g/mol. The molecule has 1 aliphatic heterocycles. The highest BCUT2D eigenvalue weighted by Gasteiger charge is 2.37. The number of ether oxygens (including phenoxy) is 2. The molecule has 5 nitrogen and oxygen atoms in total. The number of thiazole rings is 1. The fourth-order valence-electron chi connectivity index (χ4n) is 2.27. The SMILES string of the molecule is CC1(C)OC[C@@H](CC=CCCC(=O)O)[C@@H](c2cncs2)O1. The van der Waals surface area contributed by atoms with Gasteiger partial charge in [-0.05, 0) is 26.7 Å². The Morgan fingerprint density at radius 2 is 2.38 bits per heavy atom. The van der Waals surface area contributed by atoms with Gasteiger partial charge in [-0.1, -0.05) is 12.2 Å². The molecule has 1 N–H and O–H groups in total. The minimum Gasteiger partial charge on any atom is -0.481 e. The van der Waals surface area contributed by atoms with Gasteiger partial charge in [-0.2, -0.15) is 0 Å². The molecule has 1 aromatic rings. The van der Waals surface area contributed by atoms with E-state index in [2.05, 4.69) is 4.98 Å². The molecule has 21 heavy (non-hydrogen) atoms. The smallest absolute Gasteiger partial charge is 0.303 e. The lowest BCUT2D eigenvalue weighted by molar-refractivity contribution is -0.294. The summed E-state index contributed by atoms with van der Waals surface area (Å²) in [5, 5.41) is 8.61. The quantitative estimate of drug-likeness (QED) is 0.816. The third kappa shape index (κ3) is 4.91. The van der Waals surface area contributed by atoms with Crippen LogP contribution < -0.4 is 0 Å². The van der Waals surface area contributed by atoms with Crippen LogP contribution in [0.3, 0.4) is 0 Å². The van der Waals surface area contributed by atoms with Gasteiger partial charge < -0.3 is 14.6 Å². The second-order valence-corrected chi connectivity index (χ2v) is 6.47. The maximum atomic E-state index is 10.5. The lowest BCUT2D eigenvalue weighted by Crippen LogP contribution is -2.41. The monoisotopic (exact) mass is 311 g/mol. The van der Waals surface area contributed by atoms with E-state index in [9.17, 15) is 4.79 Å². The van der Waals surface area contributed by atoms with Crippen LogP contribution in [0.1, 0.15) is 44.1 Å². The van der Waals surface area contributed by atoms with Crippen LogP contribution in [0.4, 0.5) is 0 Å². The minimum atomic E-state index is -0.770. The summed E-state index contributed by atoms with van der Waals surface area (Å²) in [6.45, 7) is 4.46. The molecule has 0 aliphatic carbocycles. The molecule has 2 rings (SSSR count). The number of rotatable bonds is 6. The van der Waals surface area contributed by atoms with Crippen LogP contribution in [0, 0.1) is 5.92 Å². The highest BCUT2D eigenvalue weighted by molar-refractivity contribution is 7.09. The number of carbonyl (C=O) groups is 1. The first kappa shape index (κ1) is 16.1. The maximum absolute atomic E-state index is 10.5. The summed E-state index contributed by atoms with van der Waals surface area (Å²) in [6, 6.07) is 0. The average Bonchev–Trinajstić information content (AvgIpc) is 2.93. The van der Waals surface area contributed by atoms with E-state index < -0.39 is 11.8 Å². The summed E-state index contributed by atoms with van der Waals surface area (Å²) in [7, 11) is 0. The normalized spacial score (nSPS) is 25.2. The number of aromatic nitrogens is 1. The summed E-state index contributed by atoms with van der Waals surface area (Å²) < 4.78 is 11.8. The zero-order valence-corrected chi connectivity index (χ0v) is 13.1. The second kappa shape index (κ2) is 7.15. The van der Waals surface area contributed by atoms with Crippen molar-refractivity contribution in [2.75, 3.05) is 6.61 Å². The van der Waals surface area contributed by atoms with Crippen molar-refractivity contribution in [2.24, 2.45) is 5.92 Å². The van der Waals surface area contributed by atoms with E-state index in [0.29, 0.717) is 13.0 Å². The fourth-order valence-corrected chi connectivity index (χ4v) is 3.01. The van der Waals surface area contributed by atoms with Crippen LogP contribution in [-0.2, 0) is 14.3 Å². The molecule has 0 radical (unpaired) electrons. The number of allylic oxidation sites excluding steroid dienone is 2. The standard InChI is InChI=1S/C15H21NO4S/c1-15(2)19-9-11(6-4-3-5-7-13(17)18)14(20-15)12-8-16-10-21-12/h3-4,8,10-11,14H,5-7,9H2,1-2H3,(H,17,18)/t11-,14+/m1/s1. The van der Waals surface area contributed by atoms with Crippen LogP contribution in [0.15, 0.2) is 23.9 Å². The van der Waals surface area contributed by atoms with Gasteiger partial charge in [-0.3, -0.25) is 9.78 Å². The molecule has 116 valence electrons. The third-order valence-electron chi connectivity index (χ3n) is 3.35. The lowest BCUT2D eigenvalue weighted by atomic mass is 9.96. The van der Waals surface area contributed by atoms with E-state index in [1.165, 1.54) is 0 Å². The van der Waals surface area contributed by atoms with E-state index in [-0.39, 0.29) is 18.4 Å². The number of aliphatic carboxylic acids is 1. The Labute approximate surface area is 128 Å². The second-order valence-electron chi connectivity index (χ2n) is 5.55. The van der Waals surface area contributed by atoms with Gasteiger partial charge in [-0.25, -0.2) is 0 Å². The van der Waals surface area contributed by atoms with Crippen molar-refractivity contribution in [2.45, 2.75) is 45.0 Å². The number of nitrogens with zero attached hydrogens (tertiary/aromatic N) is 1. The maximum Gasteiger partial charge on any atom is 0.303 e. The molecule has 0 bridgehead atoms. The molecule has 0 unspecified atom stereocenters. The molecule has 0 spiro atoms. The molecule has 0 saturated carbocycles. The van der Waals surface area contributed by atoms with E-state index in [0.717, 1.165) is 11.3 Å². The largest absolute Gasteiger partial charge is 0.481 e. The van der Waals surface area contributed by atoms with E-state index >= 15 is 0 Å². The Morgan fingerprint density at radius 1 is 1.57 bits per heavy atom. The number of carboxylic acids is 1. The Kier molecular flexibility index (Phi) is 5.50. The molecule has 1 fully saturated rings. The Hall–Kier alpha value is -1.24. The summed E-state index contributed by atoms with van der Waals surface area (Å²) in [6.07, 6.45) is 7.28. The first-order valence-electron chi connectivity index (χ1n) is 7.05. The zero-order chi connectivity index (χ0) is 15.3. The van der Waals surface area contributed by atoms with E-state index in [1.807, 2.05) is 32.2 Å². The summed E-state index contributed by atoms with van der Waals surface area (Å²) >= 11 is 1.59. The fraction of sp³-hybridized carbons (Fsp3) is 0.600. The first-order chi connectivity index (χ1) is 9.98. The number of hydrogen-bond acceptors (Lipinski definition) is 5.